The van der Waals surface area contributed by atoms with Crippen LogP contribution in [0.5, 0.6) is 0 Å². The Labute approximate surface area is 136 Å². The van der Waals surface area contributed by atoms with Crippen LogP contribution in [0.3, 0.4) is 0 Å². The number of rotatable bonds is 3. The van der Waals surface area contributed by atoms with E-state index in [1.54, 1.807) is 0 Å². The molecule has 0 spiro atoms. The van der Waals surface area contributed by atoms with Gasteiger partial charge < -0.3 is 15.0 Å². The van der Waals surface area contributed by atoms with Gasteiger partial charge in [-0.2, -0.15) is 0 Å². The van der Waals surface area contributed by atoms with Crippen molar-refractivity contribution in [2.45, 2.75) is 19.2 Å². The second-order valence-corrected chi connectivity index (χ2v) is 6.34. The van der Waals surface area contributed by atoms with E-state index in [-0.39, 0.29) is 6.17 Å². The molecule has 0 bridgehead atoms. The van der Waals surface area contributed by atoms with E-state index in [1.165, 1.54) is 21.8 Å². The summed E-state index contributed by atoms with van der Waals surface area (Å²) < 4.78 is 2.32. The molecule has 0 radical (unpaired) electrons. The number of benzene rings is 2. The number of hydrogen-bond acceptors (Lipinski definition) is 3. The summed E-state index contributed by atoms with van der Waals surface area (Å²) in [6, 6.07) is 17.0. The highest BCUT2D eigenvalue weighted by Gasteiger charge is 2.28. The minimum absolute atomic E-state index is 0.0399. The van der Waals surface area contributed by atoms with Gasteiger partial charge in [-0.25, -0.2) is 0 Å². The average molecular weight is 309 g/mol. The zero-order valence-electron chi connectivity index (χ0n) is 13.4. The first-order valence-electron chi connectivity index (χ1n) is 8.38. The molecule has 4 heteroatoms. The molecule has 2 N–H and O–H groups in total. The normalized spacial score (nSPS) is 19.2. The number of hydrogen-bond donors (Lipinski definition) is 2. The summed E-state index contributed by atoms with van der Waals surface area (Å²) in [6.07, 6.45) is -0.478. The van der Waals surface area contributed by atoms with E-state index in [9.17, 15) is 5.11 Å². The van der Waals surface area contributed by atoms with Crippen molar-refractivity contribution in [3.63, 3.8) is 0 Å². The predicted molar refractivity (Wildman–Crippen MR) is 94.6 cm³/mol. The Balaban J connectivity index is 1.96. The topological polar surface area (TPSA) is 40.4 Å². The Morgan fingerprint density at radius 2 is 1.43 bits per heavy atom. The Morgan fingerprint density at radius 3 is 1.96 bits per heavy atom. The maximum Gasteiger partial charge on any atom is 0.113 e. The number of fused-ring (bicyclic) bond motifs is 3. The van der Waals surface area contributed by atoms with Crippen molar-refractivity contribution in [2.24, 2.45) is 0 Å². The molecule has 4 rings (SSSR count). The Morgan fingerprint density at radius 1 is 0.913 bits per heavy atom. The van der Waals surface area contributed by atoms with Crippen LogP contribution in [-0.2, 0) is 0 Å². The van der Waals surface area contributed by atoms with E-state index in [0.29, 0.717) is 0 Å². The van der Waals surface area contributed by atoms with Crippen LogP contribution in [0.15, 0.2) is 48.5 Å². The highest BCUT2D eigenvalue weighted by atomic mass is 16.3. The maximum absolute atomic E-state index is 10.6. The molecule has 1 aliphatic rings. The molecule has 1 aliphatic heterocycles. The minimum Gasteiger partial charge on any atom is -0.390 e. The molecular weight excluding hydrogens is 286 g/mol. The standard InChI is InChI=1S/C19H23N3O/c1-14(23)19(21-12-10-20-11-13-21)22-17-8-4-2-6-15(17)16-7-3-5-9-18(16)22/h2-9,14,19-20,23H,10-13H2,1H3. The number of para-hydroxylation sites is 2. The summed E-state index contributed by atoms with van der Waals surface area (Å²) in [6.45, 7) is 5.75. The van der Waals surface area contributed by atoms with E-state index in [4.69, 9.17) is 0 Å². The van der Waals surface area contributed by atoms with Crippen molar-refractivity contribution >= 4 is 21.8 Å². The molecule has 2 aromatic carbocycles. The van der Waals surface area contributed by atoms with Crippen LogP contribution in [0.1, 0.15) is 13.1 Å². The fourth-order valence-electron chi connectivity index (χ4n) is 3.87. The lowest BCUT2D eigenvalue weighted by Gasteiger charge is -2.38. The van der Waals surface area contributed by atoms with E-state index in [2.05, 4.69) is 63.3 Å². The Bertz CT molecular complexity index is 764. The van der Waals surface area contributed by atoms with Crippen LogP contribution >= 0.6 is 0 Å². The second-order valence-electron chi connectivity index (χ2n) is 6.34. The summed E-state index contributed by atoms with van der Waals surface area (Å²) in [5.41, 5.74) is 2.39. The first kappa shape index (κ1) is 14.7. The van der Waals surface area contributed by atoms with Gasteiger partial charge in [0, 0.05) is 37.0 Å². The van der Waals surface area contributed by atoms with Crippen LogP contribution in [0, 0.1) is 0 Å². The van der Waals surface area contributed by atoms with Crippen LogP contribution < -0.4 is 5.32 Å². The lowest BCUT2D eigenvalue weighted by Crippen LogP contribution is -2.49. The number of aliphatic hydroxyl groups is 1. The fraction of sp³-hybridized carbons (Fsp3) is 0.368. The lowest BCUT2D eigenvalue weighted by atomic mass is 10.2. The smallest absolute Gasteiger partial charge is 0.113 e. The van der Waals surface area contributed by atoms with Crippen molar-refractivity contribution in [1.82, 2.24) is 14.8 Å². The van der Waals surface area contributed by atoms with Gasteiger partial charge in [0.15, 0.2) is 0 Å². The summed E-state index contributed by atoms with van der Waals surface area (Å²) in [4.78, 5) is 2.39. The van der Waals surface area contributed by atoms with Gasteiger partial charge in [0.05, 0.1) is 17.1 Å². The van der Waals surface area contributed by atoms with Crippen LogP contribution in [0.4, 0.5) is 0 Å². The average Bonchev–Trinajstić information content (AvgIpc) is 2.91. The minimum atomic E-state index is -0.438. The molecule has 3 aromatic rings. The molecule has 0 aliphatic carbocycles. The maximum atomic E-state index is 10.6. The number of nitrogens with zero attached hydrogens (tertiary/aromatic N) is 2. The lowest BCUT2D eigenvalue weighted by molar-refractivity contribution is 0.0160. The highest BCUT2D eigenvalue weighted by Crippen LogP contribution is 2.34. The van der Waals surface area contributed by atoms with Gasteiger partial charge >= 0.3 is 0 Å². The van der Waals surface area contributed by atoms with E-state index in [1.807, 2.05) is 6.92 Å². The van der Waals surface area contributed by atoms with Crippen LogP contribution in [-0.4, -0.2) is 46.9 Å². The van der Waals surface area contributed by atoms with E-state index >= 15 is 0 Å². The summed E-state index contributed by atoms with van der Waals surface area (Å²) in [7, 11) is 0. The third kappa shape index (κ3) is 2.43. The van der Waals surface area contributed by atoms with Crippen molar-refractivity contribution in [3.8, 4) is 0 Å². The van der Waals surface area contributed by atoms with Gasteiger partial charge in [0.2, 0.25) is 0 Å². The molecule has 1 fully saturated rings. The summed E-state index contributed by atoms with van der Waals surface area (Å²) >= 11 is 0. The molecule has 2 heterocycles. The van der Waals surface area contributed by atoms with Crippen LogP contribution in [0.25, 0.3) is 21.8 Å². The molecule has 2 atom stereocenters. The molecule has 1 saturated heterocycles. The number of aromatic nitrogens is 1. The Kier molecular flexibility index (Phi) is 3.81. The van der Waals surface area contributed by atoms with Gasteiger partial charge in [0.25, 0.3) is 0 Å². The fourth-order valence-corrected chi connectivity index (χ4v) is 3.87. The molecule has 2 unspecified atom stereocenters. The van der Waals surface area contributed by atoms with Gasteiger partial charge in [0.1, 0.15) is 6.17 Å². The van der Waals surface area contributed by atoms with Gasteiger partial charge in [-0.05, 0) is 19.1 Å². The largest absolute Gasteiger partial charge is 0.390 e. The van der Waals surface area contributed by atoms with Crippen molar-refractivity contribution < 1.29 is 5.11 Å². The second kappa shape index (κ2) is 5.96. The zero-order chi connectivity index (χ0) is 15.8. The van der Waals surface area contributed by atoms with Crippen molar-refractivity contribution in [3.05, 3.63) is 48.5 Å². The monoisotopic (exact) mass is 309 g/mol. The highest BCUT2D eigenvalue weighted by molar-refractivity contribution is 6.08. The summed E-state index contributed by atoms with van der Waals surface area (Å²) in [5, 5.41) is 16.5. The molecule has 0 amide bonds. The van der Waals surface area contributed by atoms with E-state index < -0.39 is 6.10 Å². The third-order valence-electron chi connectivity index (χ3n) is 4.84. The van der Waals surface area contributed by atoms with E-state index in [0.717, 1.165) is 26.2 Å². The molecule has 1 aromatic heterocycles. The summed E-state index contributed by atoms with van der Waals surface area (Å²) in [5.74, 6) is 0. The van der Waals surface area contributed by atoms with Gasteiger partial charge in [-0.1, -0.05) is 36.4 Å². The SMILES string of the molecule is CC(O)C(N1CCNCC1)n1c2ccccc2c2ccccc21. The molecule has 0 saturated carbocycles. The van der Waals surface area contributed by atoms with Gasteiger partial charge in [-0.3, -0.25) is 4.90 Å². The quantitative estimate of drug-likeness (QED) is 0.781. The third-order valence-corrected chi connectivity index (χ3v) is 4.84. The molecule has 23 heavy (non-hydrogen) atoms. The predicted octanol–water partition coefficient (Wildman–Crippen LogP) is 2.58. The number of aliphatic hydroxyl groups excluding tert-OH is 1. The van der Waals surface area contributed by atoms with Crippen LogP contribution in [0.2, 0.25) is 0 Å². The Hall–Kier alpha value is -1.88. The van der Waals surface area contributed by atoms with Crippen molar-refractivity contribution in [2.75, 3.05) is 26.2 Å². The molecular formula is C19H23N3O. The van der Waals surface area contributed by atoms with Gasteiger partial charge in [-0.15, -0.1) is 0 Å². The zero-order valence-corrected chi connectivity index (χ0v) is 13.4. The molecule has 4 nitrogen and oxygen atoms in total. The number of piperazine rings is 1. The first-order valence-corrected chi connectivity index (χ1v) is 8.38. The number of nitrogens with one attached hydrogen (secondary N) is 1. The first-order chi connectivity index (χ1) is 11.3. The molecule has 120 valence electrons. The van der Waals surface area contributed by atoms with Crippen molar-refractivity contribution in [1.29, 1.82) is 0 Å².